The normalized spacial score (nSPS) is 13.1. The lowest BCUT2D eigenvalue weighted by molar-refractivity contribution is -0.140. The standard InChI is InChI=1S/C19H17ClN2O3S/c1-3-14(18(24)25)22-15-9-11(2)7-8-16(15)26-19(22)21-17(23)12-5-4-6-13(20)10-12/h4-10,14H,3H2,1-2H3,(H,24,25). The first-order valence-electron chi connectivity index (χ1n) is 8.10. The van der Waals surface area contributed by atoms with Crippen LogP contribution < -0.4 is 4.80 Å². The molecule has 1 atom stereocenters. The van der Waals surface area contributed by atoms with Crippen molar-refractivity contribution in [2.75, 3.05) is 0 Å². The summed E-state index contributed by atoms with van der Waals surface area (Å²) in [6.07, 6.45) is 0.383. The van der Waals surface area contributed by atoms with Crippen LogP contribution in [-0.4, -0.2) is 21.6 Å². The smallest absolute Gasteiger partial charge is 0.326 e. The van der Waals surface area contributed by atoms with Crippen LogP contribution in [0.15, 0.2) is 47.5 Å². The van der Waals surface area contributed by atoms with E-state index in [1.54, 1.807) is 35.8 Å². The molecule has 7 heteroatoms. The maximum atomic E-state index is 12.6. The van der Waals surface area contributed by atoms with E-state index in [4.69, 9.17) is 11.6 Å². The highest BCUT2D eigenvalue weighted by molar-refractivity contribution is 7.16. The van der Waals surface area contributed by atoms with Gasteiger partial charge in [-0.1, -0.05) is 42.0 Å². The fourth-order valence-corrected chi connectivity index (χ4v) is 4.01. The van der Waals surface area contributed by atoms with Gasteiger partial charge in [0.1, 0.15) is 6.04 Å². The number of aryl methyl sites for hydroxylation is 1. The lowest BCUT2D eigenvalue weighted by Crippen LogP contribution is -2.27. The molecule has 1 heterocycles. The third-order valence-corrected chi connectivity index (χ3v) is 5.30. The number of aromatic nitrogens is 1. The number of rotatable bonds is 4. The zero-order valence-electron chi connectivity index (χ0n) is 14.3. The van der Waals surface area contributed by atoms with Crippen molar-refractivity contribution in [2.45, 2.75) is 26.3 Å². The molecule has 3 rings (SSSR count). The molecule has 1 amide bonds. The molecule has 1 aromatic heterocycles. The number of carbonyl (C=O) groups is 2. The van der Waals surface area contributed by atoms with E-state index < -0.39 is 17.9 Å². The molecular formula is C19H17ClN2O3S. The monoisotopic (exact) mass is 388 g/mol. The lowest BCUT2D eigenvalue weighted by atomic mass is 10.2. The van der Waals surface area contributed by atoms with Crippen molar-refractivity contribution in [2.24, 2.45) is 4.99 Å². The van der Waals surface area contributed by atoms with Gasteiger partial charge in [-0.3, -0.25) is 4.79 Å². The Morgan fingerprint density at radius 2 is 2.04 bits per heavy atom. The molecule has 26 heavy (non-hydrogen) atoms. The van der Waals surface area contributed by atoms with E-state index in [-0.39, 0.29) is 0 Å². The molecule has 134 valence electrons. The topological polar surface area (TPSA) is 71.7 Å². The number of carboxylic acid groups (broad SMARTS) is 1. The third kappa shape index (κ3) is 3.57. The van der Waals surface area contributed by atoms with Crippen LogP contribution >= 0.6 is 22.9 Å². The summed E-state index contributed by atoms with van der Waals surface area (Å²) in [6, 6.07) is 11.5. The van der Waals surface area contributed by atoms with Gasteiger partial charge in [-0.25, -0.2) is 4.79 Å². The molecule has 5 nitrogen and oxygen atoms in total. The maximum absolute atomic E-state index is 12.6. The van der Waals surface area contributed by atoms with Crippen LogP contribution in [0.4, 0.5) is 0 Å². The minimum absolute atomic E-state index is 0.362. The Morgan fingerprint density at radius 1 is 1.27 bits per heavy atom. The van der Waals surface area contributed by atoms with E-state index in [1.165, 1.54) is 11.3 Å². The molecule has 1 N–H and O–H groups in total. The zero-order chi connectivity index (χ0) is 18.8. The number of carbonyl (C=O) groups excluding carboxylic acids is 1. The minimum atomic E-state index is -0.953. The lowest BCUT2D eigenvalue weighted by Gasteiger charge is -2.13. The minimum Gasteiger partial charge on any atom is -0.480 e. The predicted molar refractivity (Wildman–Crippen MR) is 103 cm³/mol. The van der Waals surface area contributed by atoms with Gasteiger partial charge in [0.25, 0.3) is 5.91 Å². The van der Waals surface area contributed by atoms with Crippen molar-refractivity contribution in [3.05, 3.63) is 63.4 Å². The van der Waals surface area contributed by atoms with E-state index in [0.29, 0.717) is 21.8 Å². The first kappa shape index (κ1) is 18.4. The fraction of sp³-hybridized carbons (Fsp3) is 0.211. The van der Waals surface area contributed by atoms with Crippen LogP contribution in [-0.2, 0) is 4.79 Å². The van der Waals surface area contributed by atoms with Gasteiger partial charge in [0.2, 0.25) is 0 Å². The first-order valence-corrected chi connectivity index (χ1v) is 9.29. The van der Waals surface area contributed by atoms with Crippen LogP contribution in [0.25, 0.3) is 10.2 Å². The largest absolute Gasteiger partial charge is 0.480 e. The van der Waals surface area contributed by atoms with E-state index in [1.807, 2.05) is 25.1 Å². The van der Waals surface area contributed by atoms with Crippen molar-refractivity contribution >= 4 is 45.0 Å². The molecular weight excluding hydrogens is 372 g/mol. The second-order valence-electron chi connectivity index (χ2n) is 5.92. The average Bonchev–Trinajstić information content (AvgIpc) is 2.93. The van der Waals surface area contributed by atoms with Crippen molar-refractivity contribution < 1.29 is 14.7 Å². The number of nitrogens with zero attached hydrogens (tertiary/aromatic N) is 2. The molecule has 2 aromatic carbocycles. The first-order chi connectivity index (χ1) is 12.4. The highest BCUT2D eigenvalue weighted by atomic mass is 35.5. The third-order valence-electron chi connectivity index (χ3n) is 4.03. The molecule has 0 radical (unpaired) electrons. The number of amides is 1. The Bertz CT molecular complexity index is 1070. The van der Waals surface area contributed by atoms with Crippen molar-refractivity contribution in [1.82, 2.24) is 4.57 Å². The Morgan fingerprint density at radius 3 is 2.69 bits per heavy atom. The Kier molecular flexibility index (Phi) is 5.25. The van der Waals surface area contributed by atoms with Gasteiger partial charge in [-0.05, 0) is 49.2 Å². The second kappa shape index (κ2) is 7.43. The Balaban J connectivity index is 2.24. The SMILES string of the molecule is CCC(C(=O)O)n1c(=NC(=O)c2cccc(Cl)c2)sc2ccc(C)cc21. The number of carboxylic acids is 1. The van der Waals surface area contributed by atoms with E-state index in [9.17, 15) is 14.7 Å². The molecule has 0 aliphatic rings. The number of thiazole rings is 1. The number of aliphatic carboxylic acids is 1. The molecule has 0 aliphatic heterocycles. The number of benzene rings is 2. The van der Waals surface area contributed by atoms with Crippen molar-refractivity contribution in [3.63, 3.8) is 0 Å². The van der Waals surface area contributed by atoms with Gasteiger partial charge >= 0.3 is 5.97 Å². The Labute approximate surface area is 159 Å². The highest BCUT2D eigenvalue weighted by Crippen LogP contribution is 2.24. The molecule has 0 aliphatic carbocycles. The van der Waals surface area contributed by atoms with Crippen LogP contribution in [0.3, 0.4) is 0 Å². The van der Waals surface area contributed by atoms with Crippen molar-refractivity contribution in [3.8, 4) is 0 Å². The van der Waals surface area contributed by atoms with Gasteiger partial charge in [0.05, 0.1) is 10.2 Å². The summed E-state index contributed by atoms with van der Waals surface area (Å²) in [5, 5.41) is 10.1. The highest BCUT2D eigenvalue weighted by Gasteiger charge is 2.22. The quantitative estimate of drug-likeness (QED) is 0.718. The average molecular weight is 389 g/mol. The van der Waals surface area contributed by atoms with Gasteiger partial charge in [-0.2, -0.15) is 4.99 Å². The van der Waals surface area contributed by atoms with Crippen LogP contribution in [0.5, 0.6) is 0 Å². The fourth-order valence-electron chi connectivity index (χ4n) is 2.77. The number of hydrogen-bond acceptors (Lipinski definition) is 3. The summed E-state index contributed by atoms with van der Waals surface area (Å²) >= 11 is 7.25. The molecule has 0 bridgehead atoms. The predicted octanol–water partition coefficient (Wildman–Crippen LogP) is 4.44. The summed E-state index contributed by atoms with van der Waals surface area (Å²) in [5.41, 5.74) is 2.14. The van der Waals surface area contributed by atoms with E-state index >= 15 is 0 Å². The maximum Gasteiger partial charge on any atom is 0.326 e. The summed E-state index contributed by atoms with van der Waals surface area (Å²) in [4.78, 5) is 28.9. The van der Waals surface area contributed by atoms with Gasteiger partial charge in [0, 0.05) is 10.6 Å². The van der Waals surface area contributed by atoms with Gasteiger partial charge in [0.15, 0.2) is 4.80 Å². The van der Waals surface area contributed by atoms with E-state index in [2.05, 4.69) is 4.99 Å². The summed E-state index contributed by atoms with van der Waals surface area (Å²) < 4.78 is 2.52. The molecule has 1 unspecified atom stereocenters. The molecule has 0 saturated carbocycles. The number of fused-ring (bicyclic) bond motifs is 1. The molecule has 3 aromatic rings. The van der Waals surface area contributed by atoms with Crippen LogP contribution in [0, 0.1) is 6.92 Å². The molecule has 0 spiro atoms. The number of hydrogen-bond donors (Lipinski definition) is 1. The Hall–Kier alpha value is -2.44. The molecule has 0 saturated heterocycles. The van der Waals surface area contributed by atoms with Gasteiger partial charge in [-0.15, -0.1) is 0 Å². The molecule has 0 fully saturated rings. The summed E-state index contributed by atoms with van der Waals surface area (Å²) in [5.74, 6) is -1.41. The summed E-state index contributed by atoms with van der Waals surface area (Å²) in [7, 11) is 0. The zero-order valence-corrected chi connectivity index (χ0v) is 15.8. The van der Waals surface area contributed by atoms with Gasteiger partial charge < -0.3 is 9.67 Å². The second-order valence-corrected chi connectivity index (χ2v) is 7.36. The van der Waals surface area contributed by atoms with E-state index in [0.717, 1.165) is 15.8 Å². The number of halogens is 1. The van der Waals surface area contributed by atoms with Crippen molar-refractivity contribution in [1.29, 1.82) is 0 Å². The van der Waals surface area contributed by atoms with Crippen LogP contribution in [0.1, 0.15) is 35.3 Å². The van der Waals surface area contributed by atoms with Crippen LogP contribution in [0.2, 0.25) is 5.02 Å². The summed E-state index contributed by atoms with van der Waals surface area (Å²) in [6.45, 7) is 3.74.